The summed E-state index contributed by atoms with van der Waals surface area (Å²) in [5, 5.41) is 11.3. The summed E-state index contributed by atoms with van der Waals surface area (Å²) >= 11 is 1.83. The highest BCUT2D eigenvalue weighted by molar-refractivity contribution is 8.15. The number of hydrogen-bond donors (Lipinski definition) is 2. The lowest BCUT2D eigenvalue weighted by molar-refractivity contribution is -0.139. The third-order valence-corrected chi connectivity index (χ3v) is 3.77. The van der Waals surface area contributed by atoms with Crippen molar-refractivity contribution in [3.8, 4) is 0 Å². The molecule has 0 saturated carbocycles. The Morgan fingerprint density at radius 2 is 2.24 bits per heavy atom. The molecule has 0 aliphatic carbocycles. The number of carboxylic acids is 1. The van der Waals surface area contributed by atoms with Gasteiger partial charge in [0.25, 0.3) is 0 Å². The van der Waals surface area contributed by atoms with Crippen LogP contribution in [-0.4, -0.2) is 27.5 Å². The van der Waals surface area contributed by atoms with Gasteiger partial charge in [-0.25, -0.2) is 4.79 Å². The van der Waals surface area contributed by atoms with Crippen molar-refractivity contribution in [2.24, 2.45) is 0 Å². The van der Waals surface area contributed by atoms with Crippen molar-refractivity contribution in [2.45, 2.75) is 18.7 Å². The summed E-state index contributed by atoms with van der Waals surface area (Å²) in [5.74, 6) is -1.63. The van der Waals surface area contributed by atoms with Gasteiger partial charge in [0.05, 0.1) is 4.88 Å². The molecule has 0 aliphatic heterocycles. The van der Waals surface area contributed by atoms with Gasteiger partial charge in [-0.1, -0.05) is 13.0 Å². The Hall–Kier alpha value is -1.34. The van der Waals surface area contributed by atoms with E-state index in [0.29, 0.717) is 16.6 Å². The van der Waals surface area contributed by atoms with Crippen molar-refractivity contribution >= 4 is 40.1 Å². The Kier molecular flexibility index (Phi) is 5.17. The number of thioether (sulfide) groups is 1. The van der Waals surface area contributed by atoms with Crippen LogP contribution in [0.5, 0.6) is 0 Å². The van der Waals surface area contributed by atoms with Crippen LogP contribution in [0.2, 0.25) is 0 Å². The van der Waals surface area contributed by atoms with Crippen LogP contribution in [0.4, 0.5) is 0 Å². The molecule has 7 heteroatoms. The quantitative estimate of drug-likeness (QED) is 0.795. The maximum atomic E-state index is 11.6. The lowest BCUT2D eigenvalue weighted by atomic mass is 10.4. The van der Waals surface area contributed by atoms with Gasteiger partial charge >= 0.3 is 5.97 Å². The van der Waals surface area contributed by atoms with E-state index in [1.807, 2.05) is 0 Å². The van der Waals surface area contributed by atoms with Crippen LogP contribution in [0.25, 0.3) is 0 Å². The summed E-state index contributed by atoms with van der Waals surface area (Å²) in [7, 11) is 0. The standard InChI is InChI=1S/C10H11NO4S2/c1-2-7(12)11-8(9(13)14)17-10(15)6-4-3-5-16-6/h3-5,8H,2H2,1H3,(H,11,12)(H,13,14). The fourth-order valence-electron chi connectivity index (χ4n) is 0.950. The highest BCUT2D eigenvalue weighted by Gasteiger charge is 2.24. The lowest BCUT2D eigenvalue weighted by Gasteiger charge is -2.11. The van der Waals surface area contributed by atoms with Gasteiger partial charge in [-0.3, -0.25) is 9.59 Å². The number of carbonyl (C=O) groups excluding carboxylic acids is 2. The first-order chi connectivity index (χ1) is 8.04. The SMILES string of the molecule is CCC(=O)NC(SC(=O)c1cccs1)C(=O)O. The summed E-state index contributed by atoms with van der Waals surface area (Å²) < 4.78 is 0. The van der Waals surface area contributed by atoms with Gasteiger partial charge < -0.3 is 10.4 Å². The number of nitrogens with one attached hydrogen (secondary N) is 1. The summed E-state index contributed by atoms with van der Waals surface area (Å²) in [6, 6.07) is 3.32. The first kappa shape index (κ1) is 13.7. The molecule has 1 atom stereocenters. The third-order valence-electron chi connectivity index (χ3n) is 1.78. The fraction of sp³-hybridized carbons (Fsp3) is 0.300. The molecular weight excluding hydrogens is 262 g/mol. The molecule has 1 aromatic rings. The molecule has 1 rings (SSSR count). The lowest BCUT2D eigenvalue weighted by Crippen LogP contribution is -2.38. The van der Waals surface area contributed by atoms with E-state index in [1.54, 1.807) is 24.4 Å². The fourth-order valence-corrected chi connectivity index (χ4v) is 2.48. The second-order valence-electron chi connectivity index (χ2n) is 3.02. The van der Waals surface area contributed by atoms with Crippen LogP contribution in [0.1, 0.15) is 23.0 Å². The van der Waals surface area contributed by atoms with Gasteiger partial charge in [0.1, 0.15) is 0 Å². The van der Waals surface area contributed by atoms with Crippen LogP contribution in [0.3, 0.4) is 0 Å². The van der Waals surface area contributed by atoms with Crippen molar-refractivity contribution in [1.82, 2.24) is 5.32 Å². The smallest absolute Gasteiger partial charge is 0.337 e. The van der Waals surface area contributed by atoms with E-state index < -0.39 is 17.3 Å². The highest BCUT2D eigenvalue weighted by atomic mass is 32.2. The molecule has 0 radical (unpaired) electrons. The van der Waals surface area contributed by atoms with E-state index >= 15 is 0 Å². The zero-order valence-electron chi connectivity index (χ0n) is 9.00. The Morgan fingerprint density at radius 1 is 1.53 bits per heavy atom. The maximum absolute atomic E-state index is 11.6. The minimum atomic E-state index is -1.24. The molecule has 0 fully saturated rings. The van der Waals surface area contributed by atoms with Gasteiger partial charge in [-0.15, -0.1) is 11.3 Å². The molecule has 2 N–H and O–H groups in total. The molecule has 0 saturated heterocycles. The Labute approximate surface area is 106 Å². The van der Waals surface area contributed by atoms with Gasteiger partial charge in [0, 0.05) is 6.42 Å². The van der Waals surface area contributed by atoms with E-state index in [9.17, 15) is 14.4 Å². The number of carbonyl (C=O) groups is 3. The van der Waals surface area contributed by atoms with Crippen LogP contribution < -0.4 is 5.32 Å². The molecule has 1 amide bonds. The summed E-state index contributed by atoms with van der Waals surface area (Å²) in [4.78, 5) is 34.1. The van der Waals surface area contributed by atoms with E-state index in [2.05, 4.69) is 5.32 Å². The van der Waals surface area contributed by atoms with Gasteiger partial charge in [-0.2, -0.15) is 0 Å². The minimum absolute atomic E-state index is 0.178. The number of rotatable bonds is 5. The number of aliphatic carboxylic acids is 1. The molecule has 0 aliphatic rings. The number of amides is 1. The van der Waals surface area contributed by atoms with Crippen LogP contribution >= 0.6 is 23.1 Å². The summed E-state index contributed by atoms with van der Waals surface area (Å²) in [6.07, 6.45) is 0.178. The van der Waals surface area contributed by atoms with Gasteiger partial charge in [0.2, 0.25) is 11.0 Å². The normalized spacial score (nSPS) is 11.8. The predicted octanol–water partition coefficient (Wildman–Crippen LogP) is 1.56. The van der Waals surface area contributed by atoms with Crippen molar-refractivity contribution in [1.29, 1.82) is 0 Å². The summed E-state index contributed by atoms with van der Waals surface area (Å²) in [5.41, 5.74) is 0. The molecule has 92 valence electrons. The topological polar surface area (TPSA) is 83.5 Å². The minimum Gasteiger partial charge on any atom is -0.479 e. The molecule has 0 spiro atoms. The highest BCUT2D eigenvalue weighted by Crippen LogP contribution is 2.20. The van der Waals surface area contributed by atoms with Crippen molar-refractivity contribution in [3.05, 3.63) is 22.4 Å². The molecule has 5 nitrogen and oxygen atoms in total. The molecule has 1 unspecified atom stereocenters. The monoisotopic (exact) mass is 273 g/mol. The summed E-state index contributed by atoms with van der Waals surface area (Å²) in [6.45, 7) is 1.61. The van der Waals surface area contributed by atoms with Crippen LogP contribution in [0, 0.1) is 0 Å². The zero-order valence-corrected chi connectivity index (χ0v) is 10.6. The second-order valence-corrected chi connectivity index (χ2v) is 5.05. The average Bonchev–Trinajstić information content (AvgIpc) is 2.81. The van der Waals surface area contributed by atoms with E-state index in [1.165, 1.54) is 11.3 Å². The van der Waals surface area contributed by atoms with Crippen LogP contribution in [0.15, 0.2) is 17.5 Å². The van der Waals surface area contributed by atoms with E-state index in [4.69, 9.17) is 5.11 Å². The molecule has 17 heavy (non-hydrogen) atoms. The van der Waals surface area contributed by atoms with Crippen molar-refractivity contribution < 1.29 is 19.5 Å². The Balaban J connectivity index is 2.64. The first-order valence-corrected chi connectivity index (χ1v) is 6.57. The average molecular weight is 273 g/mol. The second kappa shape index (κ2) is 6.41. The van der Waals surface area contributed by atoms with E-state index in [-0.39, 0.29) is 11.5 Å². The zero-order chi connectivity index (χ0) is 12.8. The van der Waals surface area contributed by atoms with Crippen molar-refractivity contribution in [3.63, 3.8) is 0 Å². The largest absolute Gasteiger partial charge is 0.479 e. The third kappa shape index (κ3) is 4.20. The maximum Gasteiger partial charge on any atom is 0.337 e. The number of carboxylic acid groups (broad SMARTS) is 1. The molecular formula is C10H11NO4S2. The first-order valence-electron chi connectivity index (χ1n) is 4.81. The molecule has 1 heterocycles. The van der Waals surface area contributed by atoms with Gasteiger partial charge in [0.15, 0.2) is 5.37 Å². The molecule has 1 aromatic heterocycles. The number of hydrogen-bond acceptors (Lipinski definition) is 5. The Morgan fingerprint density at radius 3 is 2.71 bits per heavy atom. The van der Waals surface area contributed by atoms with Gasteiger partial charge in [-0.05, 0) is 23.2 Å². The van der Waals surface area contributed by atoms with Crippen molar-refractivity contribution in [2.75, 3.05) is 0 Å². The van der Waals surface area contributed by atoms with E-state index in [0.717, 1.165) is 0 Å². The molecule has 0 bridgehead atoms. The predicted molar refractivity (Wildman–Crippen MR) is 66.1 cm³/mol. The number of thiophene rings is 1. The van der Waals surface area contributed by atoms with Crippen LogP contribution in [-0.2, 0) is 9.59 Å². The molecule has 0 aromatic carbocycles. The Bertz CT molecular complexity index is 416.